The molecule has 3 aromatic rings. The van der Waals surface area contributed by atoms with Gasteiger partial charge < -0.3 is 0 Å². The quantitative estimate of drug-likeness (QED) is 0.628. The van der Waals surface area contributed by atoms with Crippen LogP contribution in [0.5, 0.6) is 0 Å². The van der Waals surface area contributed by atoms with Crippen molar-refractivity contribution in [1.29, 1.82) is 0 Å². The predicted octanol–water partition coefficient (Wildman–Crippen LogP) is 5.07. The maximum atomic E-state index is 4.54. The fourth-order valence-electron chi connectivity index (χ4n) is 3.14. The smallest absolute Gasteiger partial charge is 0.127 e. The van der Waals surface area contributed by atoms with Gasteiger partial charge in [0.05, 0.1) is 0 Å². The van der Waals surface area contributed by atoms with Crippen molar-refractivity contribution >= 4 is 22.5 Å². The Kier molecular flexibility index (Phi) is 3.01. The third kappa shape index (κ3) is 1.88. The monoisotopic (exact) mass is 306 g/mol. The van der Waals surface area contributed by atoms with Crippen molar-refractivity contribution in [3.05, 3.63) is 54.1 Å². The molecule has 0 N–H and O–H groups in total. The number of thioether (sulfide) groups is 1. The van der Waals surface area contributed by atoms with Gasteiger partial charge in [0.1, 0.15) is 10.7 Å². The highest BCUT2D eigenvalue weighted by atomic mass is 32.2. The zero-order valence-corrected chi connectivity index (χ0v) is 13.8. The summed E-state index contributed by atoms with van der Waals surface area (Å²) < 4.78 is 0. The molecule has 1 aromatic heterocycles. The first-order valence-electron chi connectivity index (χ1n) is 7.61. The van der Waals surface area contributed by atoms with Crippen LogP contribution in [0.1, 0.15) is 26.3 Å². The number of nitrogens with zero attached hydrogens (tertiary/aromatic N) is 2. The average Bonchev–Trinajstić information content (AvgIpc) is 2.54. The Balaban J connectivity index is 2.07. The van der Waals surface area contributed by atoms with Crippen molar-refractivity contribution < 1.29 is 0 Å². The molecule has 0 fully saturated rings. The molecule has 0 spiro atoms. The maximum Gasteiger partial charge on any atom is 0.127 e. The van der Waals surface area contributed by atoms with Crippen LogP contribution in [0.2, 0.25) is 0 Å². The van der Waals surface area contributed by atoms with Gasteiger partial charge in [-0.05, 0) is 5.56 Å². The summed E-state index contributed by atoms with van der Waals surface area (Å²) >= 11 is 1.84. The average molecular weight is 306 g/mol. The summed E-state index contributed by atoms with van der Waals surface area (Å²) in [4.78, 5) is 0. The van der Waals surface area contributed by atoms with Gasteiger partial charge in [-0.15, -0.1) is 10.2 Å². The molecule has 0 saturated heterocycles. The van der Waals surface area contributed by atoms with E-state index >= 15 is 0 Å². The molecule has 0 saturated carbocycles. The molecule has 0 amide bonds. The first-order chi connectivity index (χ1) is 10.6. The van der Waals surface area contributed by atoms with Crippen LogP contribution in [0, 0.1) is 0 Å². The van der Waals surface area contributed by atoms with Gasteiger partial charge in [0.25, 0.3) is 0 Å². The standard InChI is InChI=1S/C19H18N2S/c1-12-19(2,3)15-11-7-10-14-16(15)18(22-12)21-20-17(14)13-8-5-4-6-9-13/h4-12H,1-3H3. The molecule has 0 radical (unpaired) electrons. The van der Waals surface area contributed by atoms with Crippen LogP contribution in [0.4, 0.5) is 0 Å². The summed E-state index contributed by atoms with van der Waals surface area (Å²) in [6, 6.07) is 16.9. The number of benzene rings is 2. The summed E-state index contributed by atoms with van der Waals surface area (Å²) in [6.07, 6.45) is 0. The molecule has 110 valence electrons. The molecule has 1 aliphatic rings. The first kappa shape index (κ1) is 13.8. The van der Waals surface area contributed by atoms with Crippen LogP contribution in [0.25, 0.3) is 22.0 Å². The topological polar surface area (TPSA) is 25.8 Å². The molecule has 22 heavy (non-hydrogen) atoms. The molecule has 1 atom stereocenters. The second-order valence-electron chi connectivity index (χ2n) is 6.43. The number of hydrogen-bond acceptors (Lipinski definition) is 3. The highest BCUT2D eigenvalue weighted by Crippen LogP contribution is 2.48. The third-order valence-electron chi connectivity index (χ3n) is 4.82. The highest BCUT2D eigenvalue weighted by Gasteiger charge is 2.36. The highest BCUT2D eigenvalue weighted by molar-refractivity contribution is 8.00. The molecule has 3 heteroatoms. The Hall–Kier alpha value is -1.87. The summed E-state index contributed by atoms with van der Waals surface area (Å²) in [5, 5.41) is 13.1. The fourth-order valence-corrected chi connectivity index (χ4v) is 4.32. The van der Waals surface area contributed by atoms with Crippen molar-refractivity contribution in [2.24, 2.45) is 0 Å². The van der Waals surface area contributed by atoms with Crippen LogP contribution in [-0.4, -0.2) is 15.4 Å². The van der Waals surface area contributed by atoms with Gasteiger partial charge in [0, 0.05) is 27.0 Å². The molecule has 0 bridgehead atoms. The van der Waals surface area contributed by atoms with Crippen molar-refractivity contribution in [1.82, 2.24) is 10.2 Å². The predicted molar refractivity (Wildman–Crippen MR) is 93.3 cm³/mol. The van der Waals surface area contributed by atoms with Crippen LogP contribution < -0.4 is 0 Å². The van der Waals surface area contributed by atoms with E-state index in [9.17, 15) is 0 Å². The Morgan fingerprint density at radius 2 is 1.73 bits per heavy atom. The van der Waals surface area contributed by atoms with Crippen molar-refractivity contribution in [3.63, 3.8) is 0 Å². The first-order valence-corrected chi connectivity index (χ1v) is 8.49. The van der Waals surface area contributed by atoms with Crippen molar-refractivity contribution in [2.45, 2.75) is 36.5 Å². The van der Waals surface area contributed by atoms with Crippen molar-refractivity contribution in [3.8, 4) is 11.3 Å². The Morgan fingerprint density at radius 3 is 2.50 bits per heavy atom. The van der Waals surface area contributed by atoms with Gasteiger partial charge in [0.2, 0.25) is 0 Å². The Morgan fingerprint density at radius 1 is 0.955 bits per heavy atom. The lowest BCUT2D eigenvalue weighted by atomic mass is 9.79. The molecule has 1 aliphatic heterocycles. The van der Waals surface area contributed by atoms with Crippen LogP contribution >= 0.6 is 11.8 Å². The lowest BCUT2D eigenvalue weighted by Gasteiger charge is -2.37. The Bertz CT molecular complexity index is 856. The van der Waals surface area contributed by atoms with E-state index in [0.717, 1.165) is 16.3 Å². The number of rotatable bonds is 1. The van der Waals surface area contributed by atoms with Gasteiger partial charge in [-0.1, -0.05) is 81.1 Å². The molecule has 2 aromatic carbocycles. The Labute approximate surface area is 135 Å². The van der Waals surface area contributed by atoms with E-state index in [1.807, 2.05) is 30.0 Å². The summed E-state index contributed by atoms with van der Waals surface area (Å²) in [5.41, 5.74) is 3.62. The molecule has 0 aliphatic carbocycles. The van der Waals surface area contributed by atoms with E-state index in [4.69, 9.17) is 0 Å². The minimum absolute atomic E-state index is 0.133. The van der Waals surface area contributed by atoms with Gasteiger partial charge >= 0.3 is 0 Å². The van der Waals surface area contributed by atoms with Gasteiger partial charge in [-0.2, -0.15) is 0 Å². The van der Waals surface area contributed by atoms with Gasteiger partial charge in [-0.3, -0.25) is 0 Å². The van der Waals surface area contributed by atoms with E-state index in [-0.39, 0.29) is 5.41 Å². The molecule has 4 rings (SSSR count). The lowest BCUT2D eigenvalue weighted by Crippen LogP contribution is -2.32. The third-order valence-corrected chi connectivity index (χ3v) is 6.27. The maximum absolute atomic E-state index is 4.54. The van der Waals surface area contributed by atoms with Crippen LogP contribution in [0.15, 0.2) is 53.6 Å². The summed E-state index contributed by atoms with van der Waals surface area (Å²) in [5.74, 6) is 0. The largest absolute Gasteiger partial charge is 0.149 e. The minimum Gasteiger partial charge on any atom is -0.149 e. The zero-order valence-electron chi connectivity index (χ0n) is 13.0. The molecule has 2 heterocycles. The second-order valence-corrected chi connectivity index (χ2v) is 7.76. The number of hydrogen-bond donors (Lipinski definition) is 0. The van der Waals surface area contributed by atoms with E-state index in [2.05, 4.69) is 61.3 Å². The normalized spacial score (nSPS) is 19.3. The zero-order chi connectivity index (χ0) is 15.3. The van der Waals surface area contributed by atoms with Crippen LogP contribution in [-0.2, 0) is 5.41 Å². The molecular formula is C19H18N2S. The van der Waals surface area contributed by atoms with Crippen LogP contribution in [0.3, 0.4) is 0 Å². The molecule has 2 nitrogen and oxygen atoms in total. The van der Waals surface area contributed by atoms with Crippen molar-refractivity contribution in [2.75, 3.05) is 0 Å². The van der Waals surface area contributed by atoms with E-state index < -0.39 is 0 Å². The minimum atomic E-state index is 0.133. The van der Waals surface area contributed by atoms with E-state index in [1.54, 1.807) is 0 Å². The number of aromatic nitrogens is 2. The summed E-state index contributed by atoms with van der Waals surface area (Å²) in [7, 11) is 0. The lowest BCUT2D eigenvalue weighted by molar-refractivity contribution is 0.518. The van der Waals surface area contributed by atoms with E-state index in [0.29, 0.717) is 5.25 Å². The molecule has 1 unspecified atom stereocenters. The SMILES string of the molecule is CC1Sc2nnc(-c3ccccc3)c3cccc(c23)C1(C)C. The van der Waals surface area contributed by atoms with Gasteiger partial charge in [0.15, 0.2) is 0 Å². The van der Waals surface area contributed by atoms with Gasteiger partial charge in [-0.25, -0.2) is 0 Å². The second kappa shape index (κ2) is 4.82. The fraction of sp³-hybridized carbons (Fsp3) is 0.263. The molecular weight excluding hydrogens is 288 g/mol. The van der Waals surface area contributed by atoms with E-state index in [1.165, 1.54) is 16.3 Å². The summed E-state index contributed by atoms with van der Waals surface area (Å²) in [6.45, 7) is 6.93.